The first-order valence-electron chi connectivity index (χ1n) is 7.21. The van der Waals surface area contributed by atoms with Gasteiger partial charge in [0.1, 0.15) is 11.6 Å². The summed E-state index contributed by atoms with van der Waals surface area (Å²) in [6, 6.07) is 9.18. The second kappa shape index (κ2) is 6.05. The third-order valence-corrected chi connectivity index (χ3v) is 3.33. The maximum Gasteiger partial charge on any atom is 0.252 e. The van der Waals surface area contributed by atoms with Gasteiger partial charge in [0.15, 0.2) is 0 Å². The average molecular weight is 341 g/mol. The van der Waals surface area contributed by atoms with Crippen molar-refractivity contribution in [3.63, 3.8) is 0 Å². The van der Waals surface area contributed by atoms with Gasteiger partial charge in [0.2, 0.25) is 0 Å². The van der Waals surface area contributed by atoms with Crippen LogP contribution in [-0.2, 0) is 6.42 Å². The fraction of sp³-hybridized carbons (Fsp3) is 0.133. The van der Waals surface area contributed by atoms with Gasteiger partial charge in [0.05, 0.1) is 16.7 Å². The van der Waals surface area contributed by atoms with Crippen molar-refractivity contribution in [2.75, 3.05) is 7.04 Å². The number of hydrogen-bond acceptors (Lipinski definition) is 2. The first kappa shape index (κ1) is 10.9. The maximum atomic E-state index is 13.8. The number of hydrogen-bond donors (Lipinski definition) is 1. The molecule has 0 fully saturated rings. The molecule has 0 atom stereocenters. The van der Waals surface area contributed by atoms with Crippen LogP contribution in [0.4, 0.5) is 4.39 Å². The highest BCUT2D eigenvalue weighted by Gasteiger charge is 2.16. The third-order valence-electron chi connectivity index (χ3n) is 2.81. The smallest absolute Gasteiger partial charge is 0.252 e. The highest BCUT2D eigenvalue weighted by molar-refractivity contribution is 9.10. The Kier molecular flexibility index (Phi) is 3.28. The van der Waals surface area contributed by atoms with Crippen LogP contribution in [0, 0.1) is 5.82 Å². The van der Waals surface area contributed by atoms with E-state index in [2.05, 4.69) is 15.9 Å². The molecule has 0 unspecified atom stereocenters. The molecule has 0 aliphatic carbocycles. The Morgan fingerprint density at radius 2 is 2.10 bits per heavy atom. The summed E-state index contributed by atoms with van der Waals surface area (Å²) in [6.45, 7) is 0. The molecule has 104 valence electrons. The van der Waals surface area contributed by atoms with E-state index in [0.29, 0.717) is 0 Å². The van der Waals surface area contributed by atoms with E-state index in [-0.39, 0.29) is 23.3 Å². The molecule has 3 nitrogen and oxygen atoms in total. The molecule has 5 heteroatoms. The molecule has 20 heavy (non-hydrogen) atoms. The van der Waals surface area contributed by atoms with E-state index in [1.807, 2.05) is 0 Å². The number of amides is 1. The van der Waals surface area contributed by atoms with E-state index in [9.17, 15) is 9.18 Å². The van der Waals surface area contributed by atoms with Gasteiger partial charge in [-0.15, -0.1) is 0 Å². The van der Waals surface area contributed by atoms with Crippen LogP contribution in [0.3, 0.4) is 0 Å². The summed E-state index contributed by atoms with van der Waals surface area (Å²) >= 11 is 3.31. The van der Waals surface area contributed by atoms with Crippen LogP contribution in [0.5, 0.6) is 5.75 Å². The fourth-order valence-electron chi connectivity index (χ4n) is 1.91. The SMILES string of the molecule is [2H]C([2H])([2H])Oc1c(Cc2ccc(Br)cc2)cc(F)cc1C(N)=O. The monoisotopic (exact) mass is 340 g/mol. The minimum atomic E-state index is -2.78. The summed E-state index contributed by atoms with van der Waals surface area (Å²) in [7, 11) is -2.78. The van der Waals surface area contributed by atoms with Crippen molar-refractivity contribution in [2.45, 2.75) is 6.42 Å². The lowest BCUT2D eigenvalue weighted by Crippen LogP contribution is -2.14. The number of primary amides is 1. The fourth-order valence-corrected chi connectivity index (χ4v) is 2.17. The van der Waals surface area contributed by atoms with E-state index in [1.54, 1.807) is 24.3 Å². The van der Waals surface area contributed by atoms with E-state index >= 15 is 0 Å². The molecule has 0 heterocycles. The number of nitrogens with two attached hydrogens (primary N) is 1. The van der Waals surface area contributed by atoms with Crippen LogP contribution in [0.25, 0.3) is 0 Å². The van der Waals surface area contributed by atoms with Gasteiger partial charge < -0.3 is 10.5 Å². The van der Waals surface area contributed by atoms with Crippen LogP contribution in [-0.4, -0.2) is 12.9 Å². The summed E-state index contributed by atoms with van der Waals surface area (Å²) in [4.78, 5) is 11.5. The van der Waals surface area contributed by atoms with Gasteiger partial charge in [-0.2, -0.15) is 0 Å². The lowest BCUT2D eigenvalue weighted by atomic mass is 10.0. The summed E-state index contributed by atoms with van der Waals surface area (Å²) in [6.07, 6.45) is 0.191. The van der Waals surface area contributed by atoms with Crippen LogP contribution >= 0.6 is 15.9 Å². The Morgan fingerprint density at radius 1 is 1.40 bits per heavy atom. The van der Waals surface area contributed by atoms with Crippen molar-refractivity contribution >= 4 is 21.8 Å². The van der Waals surface area contributed by atoms with Crippen molar-refractivity contribution in [3.05, 3.63) is 63.4 Å². The molecule has 0 aliphatic heterocycles. The second-order valence-corrected chi connectivity index (χ2v) is 5.13. The summed E-state index contributed by atoms with van der Waals surface area (Å²) in [5.41, 5.74) is 5.94. The predicted octanol–water partition coefficient (Wildman–Crippen LogP) is 3.29. The van der Waals surface area contributed by atoms with Gasteiger partial charge in [-0.25, -0.2) is 4.39 Å². The highest BCUT2D eigenvalue weighted by atomic mass is 79.9. The Labute approximate surface area is 128 Å². The molecule has 1 amide bonds. The summed E-state index contributed by atoms with van der Waals surface area (Å²) in [5.74, 6) is -1.87. The van der Waals surface area contributed by atoms with Crippen molar-refractivity contribution in [1.29, 1.82) is 0 Å². The number of methoxy groups -OCH3 is 1. The largest absolute Gasteiger partial charge is 0.496 e. The third kappa shape index (κ3) is 3.17. The van der Waals surface area contributed by atoms with Gasteiger partial charge in [0.25, 0.3) is 5.91 Å². The molecule has 0 spiro atoms. The first-order valence-corrected chi connectivity index (χ1v) is 6.51. The average Bonchev–Trinajstić information content (AvgIpc) is 2.42. The molecular weight excluding hydrogens is 325 g/mol. The zero-order chi connectivity index (χ0) is 17.2. The predicted molar refractivity (Wildman–Crippen MR) is 78.4 cm³/mol. The van der Waals surface area contributed by atoms with Crippen LogP contribution in [0.2, 0.25) is 0 Å². The normalized spacial score (nSPS) is 13.2. The van der Waals surface area contributed by atoms with E-state index in [4.69, 9.17) is 14.6 Å². The number of ether oxygens (including phenoxy) is 1. The number of carbonyl (C=O) groups excluding carboxylic acids is 1. The van der Waals surface area contributed by atoms with Gasteiger partial charge >= 0.3 is 0 Å². The minimum absolute atomic E-state index is 0.191. The van der Waals surface area contributed by atoms with Crippen molar-refractivity contribution in [2.24, 2.45) is 5.73 Å². The molecule has 0 bridgehead atoms. The van der Waals surface area contributed by atoms with Gasteiger partial charge in [0, 0.05) is 16.5 Å². The summed E-state index contributed by atoms with van der Waals surface area (Å²) < 4.78 is 41.2. The second-order valence-electron chi connectivity index (χ2n) is 4.21. The molecule has 0 aromatic heterocycles. The van der Waals surface area contributed by atoms with Gasteiger partial charge in [-0.05, 0) is 29.8 Å². The van der Waals surface area contributed by atoms with Gasteiger partial charge in [-0.1, -0.05) is 28.1 Å². The maximum absolute atomic E-state index is 13.8. The van der Waals surface area contributed by atoms with Crippen LogP contribution < -0.4 is 10.5 Å². The lowest BCUT2D eigenvalue weighted by molar-refractivity contribution is 0.0996. The van der Waals surface area contributed by atoms with Crippen molar-refractivity contribution in [1.82, 2.24) is 0 Å². The summed E-state index contributed by atoms with van der Waals surface area (Å²) in [5, 5.41) is 0. The molecule has 2 aromatic rings. The number of halogens is 2. The Bertz CT molecular complexity index is 733. The first-order chi connectivity index (χ1) is 10.7. The zero-order valence-electron chi connectivity index (χ0n) is 13.3. The topological polar surface area (TPSA) is 52.3 Å². The molecule has 0 saturated carbocycles. The van der Waals surface area contributed by atoms with Crippen LogP contribution in [0.1, 0.15) is 25.6 Å². The number of carbonyl (C=O) groups is 1. The molecule has 0 saturated heterocycles. The molecule has 2 aromatic carbocycles. The number of rotatable bonds is 4. The van der Waals surface area contributed by atoms with E-state index < -0.39 is 18.8 Å². The molecule has 2 N–H and O–H groups in total. The van der Waals surface area contributed by atoms with E-state index in [1.165, 1.54) is 0 Å². The quantitative estimate of drug-likeness (QED) is 0.928. The zero-order valence-corrected chi connectivity index (χ0v) is 11.9. The highest BCUT2D eigenvalue weighted by Crippen LogP contribution is 2.27. The molecule has 2 rings (SSSR count). The molecule has 0 aliphatic rings. The lowest BCUT2D eigenvalue weighted by Gasteiger charge is -2.12. The minimum Gasteiger partial charge on any atom is -0.496 e. The number of benzene rings is 2. The Morgan fingerprint density at radius 3 is 2.70 bits per heavy atom. The van der Waals surface area contributed by atoms with Gasteiger partial charge in [-0.3, -0.25) is 4.79 Å². The Balaban J connectivity index is 2.51. The molecule has 0 radical (unpaired) electrons. The van der Waals surface area contributed by atoms with Crippen molar-refractivity contribution in [3.8, 4) is 5.75 Å². The van der Waals surface area contributed by atoms with E-state index in [0.717, 1.165) is 22.2 Å². The Hall–Kier alpha value is -1.88. The van der Waals surface area contributed by atoms with Crippen LogP contribution in [0.15, 0.2) is 40.9 Å². The van der Waals surface area contributed by atoms with Crippen molar-refractivity contribution < 1.29 is 18.0 Å². The molecular formula is C15H13BrFNO2. The standard InChI is InChI=1S/C15H13BrFNO2/c1-20-14-10(6-9-2-4-11(16)5-3-9)7-12(17)8-13(14)15(18)19/h2-5,7-8H,6H2,1H3,(H2,18,19)/i1D3.